The van der Waals surface area contributed by atoms with E-state index in [0.29, 0.717) is 24.2 Å². The molecular weight excluding hydrogens is 298 g/mol. The highest BCUT2D eigenvalue weighted by Gasteiger charge is 2.13. The number of nitrogens with one attached hydrogen (secondary N) is 1. The van der Waals surface area contributed by atoms with Crippen LogP contribution in [0.1, 0.15) is 16.1 Å². The fourth-order valence-electron chi connectivity index (χ4n) is 2.62. The maximum Gasteiger partial charge on any atom is 0.267 e. The zero-order chi connectivity index (χ0) is 16.4. The first-order valence-corrected chi connectivity index (χ1v) is 7.32. The Bertz CT molecular complexity index is 871. The van der Waals surface area contributed by atoms with Crippen LogP contribution in [0.4, 0.5) is 8.78 Å². The molecule has 0 atom stereocenters. The monoisotopic (exact) mass is 314 g/mol. The number of amides is 1. The molecule has 0 bridgehead atoms. The van der Waals surface area contributed by atoms with Crippen LogP contribution in [-0.2, 0) is 13.5 Å². The van der Waals surface area contributed by atoms with Crippen LogP contribution in [0.25, 0.3) is 10.9 Å². The van der Waals surface area contributed by atoms with Crippen molar-refractivity contribution in [3.05, 3.63) is 71.4 Å². The molecule has 2 aromatic carbocycles. The average Bonchev–Trinajstić information content (AvgIpc) is 2.84. The van der Waals surface area contributed by atoms with E-state index in [1.807, 2.05) is 6.07 Å². The first kappa shape index (κ1) is 15.2. The smallest absolute Gasteiger partial charge is 0.267 e. The van der Waals surface area contributed by atoms with Gasteiger partial charge < -0.3 is 9.88 Å². The number of carbonyl (C=O) groups is 1. The molecule has 118 valence electrons. The molecule has 0 saturated heterocycles. The quantitative estimate of drug-likeness (QED) is 0.786. The molecule has 0 aliphatic rings. The Morgan fingerprint density at radius 1 is 1.09 bits per heavy atom. The van der Waals surface area contributed by atoms with Crippen molar-refractivity contribution in [1.82, 2.24) is 9.88 Å². The molecule has 23 heavy (non-hydrogen) atoms. The van der Waals surface area contributed by atoms with E-state index in [2.05, 4.69) is 5.32 Å². The molecule has 3 rings (SSSR count). The summed E-state index contributed by atoms with van der Waals surface area (Å²) in [6.07, 6.45) is 0.544. The van der Waals surface area contributed by atoms with Gasteiger partial charge in [-0.05, 0) is 48.4 Å². The summed E-state index contributed by atoms with van der Waals surface area (Å²) in [5, 5.41) is 3.62. The first-order chi connectivity index (χ1) is 11.0. The summed E-state index contributed by atoms with van der Waals surface area (Å²) in [4.78, 5) is 12.3. The topological polar surface area (TPSA) is 34.0 Å². The minimum Gasteiger partial charge on any atom is -0.350 e. The fourth-order valence-corrected chi connectivity index (χ4v) is 2.62. The van der Waals surface area contributed by atoms with Crippen LogP contribution >= 0.6 is 0 Å². The van der Waals surface area contributed by atoms with Crippen LogP contribution in [0, 0.1) is 11.6 Å². The van der Waals surface area contributed by atoms with E-state index in [0.717, 1.165) is 10.9 Å². The Labute approximate surface area is 132 Å². The van der Waals surface area contributed by atoms with Crippen LogP contribution in [-0.4, -0.2) is 17.0 Å². The molecule has 3 aromatic rings. The van der Waals surface area contributed by atoms with Crippen LogP contribution in [0.15, 0.2) is 48.5 Å². The second-order valence-corrected chi connectivity index (χ2v) is 5.43. The van der Waals surface area contributed by atoms with Crippen molar-refractivity contribution in [3.8, 4) is 0 Å². The van der Waals surface area contributed by atoms with Crippen LogP contribution in [0.3, 0.4) is 0 Å². The van der Waals surface area contributed by atoms with Gasteiger partial charge in [-0.2, -0.15) is 0 Å². The number of halogens is 2. The van der Waals surface area contributed by atoms with Gasteiger partial charge in [-0.15, -0.1) is 0 Å². The van der Waals surface area contributed by atoms with Crippen LogP contribution < -0.4 is 5.32 Å². The van der Waals surface area contributed by atoms with Crippen molar-refractivity contribution in [1.29, 1.82) is 0 Å². The lowest BCUT2D eigenvalue weighted by Crippen LogP contribution is -2.27. The fraction of sp³-hybridized carbons (Fsp3) is 0.167. The van der Waals surface area contributed by atoms with E-state index in [-0.39, 0.29) is 17.5 Å². The van der Waals surface area contributed by atoms with Crippen molar-refractivity contribution >= 4 is 16.8 Å². The summed E-state index contributed by atoms with van der Waals surface area (Å²) in [7, 11) is 1.73. The minimum absolute atomic E-state index is 0.236. The van der Waals surface area contributed by atoms with Gasteiger partial charge >= 0.3 is 0 Å². The standard InChI is InChI=1S/C18H16F2N2O/c1-22-16-11-15(20)6-5-13(16)10-17(22)18(23)21-8-7-12-3-2-4-14(19)9-12/h2-6,9-11H,7-8H2,1H3,(H,21,23). The molecule has 1 heterocycles. The molecule has 0 spiro atoms. The lowest BCUT2D eigenvalue weighted by Gasteiger charge is -2.07. The molecular formula is C18H16F2N2O. The normalized spacial score (nSPS) is 10.9. The second-order valence-electron chi connectivity index (χ2n) is 5.43. The third-order valence-corrected chi connectivity index (χ3v) is 3.83. The Balaban J connectivity index is 1.70. The van der Waals surface area contributed by atoms with E-state index in [9.17, 15) is 13.6 Å². The van der Waals surface area contributed by atoms with Crippen LogP contribution in [0.2, 0.25) is 0 Å². The molecule has 0 aliphatic carbocycles. The number of benzene rings is 2. The van der Waals surface area contributed by atoms with E-state index in [1.165, 1.54) is 24.3 Å². The molecule has 1 amide bonds. The maximum atomic E-state index is 13.3. The van der Waals surface area contributed by atoms with Gasteiger partial charge in [0.1, 0.15) is 17.3 Å². The zero-order valence-corrected chi connectivity index (χ0v) is 12.6. The predicted molar refractivity (Wildman–Crippen MR) is 85.3 cm³/mol. The third kappa shape index (κ3) is 3.23. The predicted octanol–water partition coefficient (Wildman–Crippen LogP) is 3.43. The van der Waals surface area contributed by atoms with E-state index in [1.54, 1.807) is 29.8 Å². The summed E-state index contributed by atoms with van der Waals surface area (Å²) >= 11 is 0. The summed E-state index contributed by atoms with van der Waals surface area (Å²) in [5.74, 6) is -0.859. The van der Waals surface area contributed by atoms with E-state index >= 15 is 0 Å². The minimum atomic E-state index is -0.336. The Kier molecular flexibility index (Phi) is 4.10. The SMILES string of the molecule is Cn1c(C(=O)NCCc2cccc(F)c2)cc2ccc(F)cc21. The molecule has 3 nitrogen and oxygen atoms in total. The Morgan fingerprint density at radius 2 is 1.87 bits per heavy atom. The summed E-state index contributed by atoms with van der Waals surface area (Å²) in [6, 6.07) is 12.4. The van der Waals surface area contributed by atoms with Gasteiger partial charge in [0.15, 0.2) is 0 Å². The number of hydrogen-bond donors (Lipinski definition) is 1. The van der Waals surface area contributed by atoms with Gasteiger partial charge in [-0.1, -0.05) is 12.1 Å². The molecule has 0 unspecified atom stereocenters. The number of rotatable bonds is 4. The molecule has 0 radical (unpaired) electrons. The lowest BCUT2D eigenvalue weighted by molar-refractivity contribution is 0.0946. The van der Waals surface area contributed by atoms with Gasteiger partial charge in [0.2, 0.25) is 0 Å². The summed E-state index contributed by atoms with van der Waals surface area (Å²) in [6.45, 7) is 0.401. The van der Waals surface area contributed by atoms with Gasteiger partial charge in [0, 0.05) is 19.0 Å². The number of carbonyl (C=O) groups excluding carboxylic acids is 1. The van der Waals surface area contributed by atoms with Crippen molar-refractivity contribution in [2.75, 3.05) is 6.54 Å². The van der Waals surface area contributed by atoms with E-state index in [4.69, 9.17) is 0 Å². The molecule has 5 heteroatoms. The van der Waals surface area contributed by atoms with Gasteiger partial charge in [0.05, 0.1) is 5.52 Å². The molecule has 1 N–H and O–H groups in total. The number of nitrogens with zero attached hydrogens (tertiary/aromatic N) is 1. The highest BCUT2D eigenvalue weighted by molar-refractivity contribution is 5.98. The van der Waals surface area contributed by atoms with Crippen LogP contribution in [0.5, 0.6) is 0 Å². The van der Waals surface area contributed by atoms with Crippen molar-refractivity contribution in [2.24, 2.45) is 7.05 Å². The maximum absolute atomic E-state index is 13.3. The molecule has 0 aliphatic heterocycles. The van der Waals surface area contributed by atoms with Crippen molar-refractivity contribution in [2.45, 2.75) is 6.42 Å². The van der Waals surface area contributed by atoms with Crippen molar-refractivity contribution < 1.29 is 13.6 Å². The number of fused-ring (bicyclic) bond motifs is 1. The first-order valence-electron chi connectivity index (χ1n) is 7.32. The van der Waals surface area contributed by atoms with Gasteiger partial charge in [-0.3, -0.25) is 4.79 Å². The zero-order valence-electron chi connectivity index (χ0n) is 12.6. The second kappa shape index (κ2) is 6.20. The molecule has 0 saturated carbocycles. The Morgan fingerprint density at radius 3 is 2.65 bits per heavy atom. The molecule has 0 fully saturated rings. The number of aromatic nitrogens is 1. The van der Waals surface area contributed by atoms with Gasteiger partial charge in [0.25, 0.3) is 5.91 Å². The summed E-state index contributed by atoms with van der Waals surface area (Å²) < 4.78 is 28.1. The molecule has 1 aromatic heterocycles. The third-order valence-electron chi connectivity index (χ3n) is 3.83. The highest BCUT2D eigenvalue weighted by atomic mass is 19.1. The van der Waals surface area contributed by atoms with Crippen molar-refractivity contribution in [3.63, 3.8) is 0 Å². The average molecular weight is 314 g/mol. The largest absolute Gasteiger partial charge is 0.350 e. The lowest BCUT2D eigenvalue weighted by atomic mass is 10.1. The highest BCUT2D eigenvalue weighted by Crippen LogP contribution is 2.19. The number of hydrogen-bond acceptors (Lipinski definition) is 1. The van der Waals surface area contributed by atoms with E-state index < -0.39 is 0 Å². The Hall–Kier alpha value is -2.69. The number of aryl methyl sites for hydroxylation is 1. The van der Waals surface area contributed by atoms with Gasteiger partial charge in [-0.25, -0.2) is 8.78 Å². The summed E-state index contributed by atoms with van der Waals surface area (Å²) in [5.41, 5.74) is 1.95.